The zero-order valence-electron chi connectivity index (χ0n) is 14.8. The van der Waals surface area contributed by atoms with Crippen LogP contribution in [0.15, 0.2) is 18.5 Å². The van der Waals surface area contributed by atoms with E-state index in [1.54, 1.807) is 11.1 Å². The number of carbonyl (C=O) groups is 3. The molecule has 2 aliphatic heterocycles. The highest BCUT2D eigenvalue weighted by molar-refractivity contribution is 6.08. The van der Waals surface area contributed by atoms with Gasteiger partial charge in [-0.15, -0.1) is 0 Å². The summed E-state index contributed by atoms with van der Waals surface area (Å²) in [5.74, 6) is -0.486. The molecule has 3 heterocycles. The molecule has 1 N–H and O–H groups in total. The maximum atomic E-state index is 12.7. The average Bonchev–Trinajstić information content (AvgIpc) is 3.25. The number of carbonyl (C=O) groups excluding carboxylic acids is 3. The van der Waals surface area contributed by atoms with Crippen molar-refractivity contribution in [1.82, 2.24) is 24.9 Å². The molecule has 3 rings (SSSR count). The van der Waals surface area contributed by atoms with Crippen molar-refractivity contribution in [2.24, 2.45) is 0 Å². The van der Waals surface area contributed by atoms with Crippen LogP contribution < -0.4 is 5.32 Å². The maximum Gasteiger partial charge on any atom is 0.325 e. The van der Waals surface area contributed by atoms with Gasteiger partial charge in [0, 0.05) is 25.5 Å². The van der Waals surface area contributed by atoms with Crippen molar-refractivity contribution in [3.63, 3.8) is 0 Å². The van der Waals surface area contributed by atoms with Crippen LogP contribution in [0.3, 0.4) is 0 Å². The van der Waals surface area contributed by atoms with Crippen molar-refractivity contribution >= 4 is 17.8 Å². The molecule has 2 aliphatic rings. The van der Waals surface area contributed by atoms with Gasteiger partial charge < -0.3 is 10.2 Å². The summed E-state index contributed by atoms with van der Waals surface area (Å²) in [4.78, 5) is 40.3. The number of likely N-dealkylation sites (tertiary alicyclic amines) is 1. The van der Waals surface area contributed by atoms with Crippen LogP contribution in [0, 0.1) is 0 Å². The van der Waals surface area contributed by atoms with Gasteiger partial charge in [0.2, 0.25) is 5.91 Å². The Labute approximate surface area is 147 Å². The molecule has 0 radical (unpaired) electrons. The molecule has 2 fully saturated rings. The summed E-state index contributed by atoms with van der Waals surface area (Å²) >= 11 is 0. The summed E-state index contributed by atoms with van der Waals surface area (Å²) in [6.45, 7) is 4.74. The lowest BCUT2D eigenvalue weighted by Crippen LogP contribution is -2.48. The van der Waals surface area contributed by atoms with Gasteiger partial charge in [0.05, 0.1) is 6.04 Å². The minimum Gasteiger partial charge on any atom is -0.339 e. The standard InChI is InChI=1S/C17H25N5O3/c1-3-17(4-2)15(24)21(16(25)19-17)12-14(23)20-9-5-7-13(11-20)22-10-6-8-18-22/h6,8,10,13H,3-5,7,9,11-12H2,1-2H3,(H,19,25). The van der Waals surface area contributed by atoms with Gasteiger partial charge in [-0.2, -0.15) is 5.10 Å². The topological polar surface area (TPSA) is 87.5 Å². The quantitative estimate of drug-likeness (QED) is 0.810. The minimum absolute atomic E-state index is 0.140. The number of nitrogens with zero attached hydrogens (tertiary/aromatic N) is 4. The van der Waals surface area contributed by atoms with Gasteiger partial charge in [-0.05, 0) is 31.7 Å². The Morgan fingerprint density at radius 2 is 2.12 bits per heavy atom. The molecule has 0 aromatic carbocycles. The Bertz CT molecular complexity index is 653. The Balaban J connectivity index is 1.66. The molecule has 0 aliphatic carbocycles. The maximum absolute atomic E-state index is 12.7. The molecule has 136 valence electrons. The number of nitrogens with one attached hydrogen (secondary N) is 1. The molecule has 1 aromatic rings. The van der Waals surface area contributed by atoms with Crippen molar-refractivity contribution in [3.05, 3.63) is 18.5 Å². The van der Waals surface area contributed by atoms with E-state index >= 15 is 0 Å². The Morgan fingerprint density at radius 3 is 2.72 bits per heavy atom. The summed E-state index contributed by atoms with van der Waals surface area (Å²) < 4.78 is 1.87. The molecule has 0 bridgehead atoms. The van der Waals surface area contributed by atoms with Crippen LogP contribution in [0.5, 0.6) is 0 Å². The van der Waals surface area contributed by atoms with Gasteiger partial charge in [0.15, 0.2) is 0 Å². The monoisotopic (exact) mass is 347 g/mol. The SMILES string of the molecule is CCC1(CC)NC(=O)N(CC(=O)N2CCCC(n3cccn3)C2)C1=O. The zero-order chi connectivity index (χ0) is 18.0. The van der Waals surface area contributed by atoms with E-state index in [1.165, 1.54) is 0 Å². The summed E-state index contributed by atoms with van der Waals surface area (Å²) in [5, 5.41) is 7.01. The summed E-state index contributed by atoms with van der Waals surface area (Å²) in [6, 6.07) is 1.53. The van der Waals surface area contributed by atoms with Crippen molar-refractivity contribution in [1.29, 1.82) is 0 Å². The lowest BCUT2D eigenvalue weighted by Gasteiger charge is -2.33. The second-order valence-electron chi connectivity index (χ2n) is 6.73. The van der Waals surface area contributed by atoms with E-state index in [0.29, 0.717) is 25.9 Å². The van der Waals surface area contributed by atoms with Crippen LogP contribution in [0.2, 0.25) is 0 Å². The molecule has 0 saturated carbocycles. The van der Waals surface area contributed by atoms with E-state index in [1.807, 2.05) is 30.8 Å². The van der Waals surface area contributed by atoms with E-state index in [2.05, 4.69) is 10.4 Å². The second kappa shape index (κ2) is 6.85. The number of imide groups is 1. The zero-order valence-corrected chi connectivity index (χ0v) is 14.8. The van der Waals surface area contributed by atoms with E-state index in [-0.39, 0.29) is 24.4 Å². The van der Waals surface area contributed by atoms with Crippen molar-refractivity contribution in [3.8, 4) is 0 Å². The van der Waals surface area contributed by atoms with Crippen LogP contribution in [-0.2, 0) is 9.59 Å². The van der Waals surface area contributed by atoms with Gasteiger partial charge >= 0.3 is 6.03 Å². The Kier molecular flexibility index (Phi) is 4.78. The van der Waals surface area contributed by atoms with Crippen LogP contribution in [0.1, 0.15) is 45.6 Å². The van der Waals surface area contributed by atoms with Crippen LogP contribution in [0.4, 0.5) is 4.79 Å². The molecule has 0 spiro atoms. The van der Waals surface area contributed by atoms with Gasteiger partial charge in [0.25, 0.3) is 5.91 Å². The smallest absolute Gasteiger partial charge is 0.325 e. The van der Waals surface area contributed by atoms with E-state index in [0.717, 1.165) is 17.7 Å². The molecule has 8 heteroatoms. The number of amides is 4. The third kappa shape index (κ3) is 3.12. The molecule has 1 unspecified atom stereocenters. The summed E-state index contributed by atoms with van der Waals surface area (Å²) in [6.07, 6.45) is 6.50. The first kappa shape index (κ1) is 17.4. The fourth-order valence-corrected chi connectivity index (χ4v) is 3.68. The van der Waals surface area contributed by atoms with Crippen molar-refractivity contribution in [2.45, 2.75) is 51.1 Å². The lowest BCUT2D eigenvalue weighted by atomic mass is 9.93. The molecule has 25 heavy (non-hydrogen) atoms. The Morgan fingerprint density at radius 1 is 1.36 bits per heavy atom. The van der Waals surface area contributed by atoms with Crippen molar-refractivity contribution < 1.29 is 14.4 Å². The number of rotatable bonds is 5. The first-order valence-electron chi connectivity index (χ1n) is 8.91. The number of urea groups is 1. The number of piperidine rings is 1. The highest BCUT2D eigenvalue weighted by Gasteiger charge is 2.49. The normalized spacial score (nSPS) is 23.0. The predicted molar refractivity (Wildman–Crippen MR) is 90.6 cm³/mol. The van der Waals surface area contributed by atoms with E-state index in [9.17, 15) is 14.4 Å². The van der Waals surface area contributed by atoms with Gasteiger partial charge in [-0.1, -0.05) is 13.8 Å². The van der Waals surface area contributed by atoms with E-state index < -0.39 is 11.6 Å². The largest absolute Gasteiger partial charge is 0.339 e. The lowest BCUT2D eigenvalue weighted by molar-refractivity contribution is -0.140. The third-order valence-electron chi connectivity index (χ3n) is 5.39. The third-order valence-corrected chi connectivity index (χ3v) is 5.39. The predicted octanol–water partition coefficient (Wildman–Crippen LogP) is 1.16. The molecule has 4 amide bonds. The number of hydrogen-bond donors (Lipinski definition) is 1. The minimum atomic E-state index is -0.864. The first-order chi connectivity index (χ1) is 12.0. The fraction of sp³-hybridized carbons (Fsp3) is 0.647. The van der Waals surface area contributed by atoms with Gasteiger partial charge in [-0.3, -0.25) is 19.2 Å². The molecular formula is C17H25N5O3. The van der Waals surface area contributed by atoms with E-state index in [4.69, 9.17) is 0 Å². The summed E-state index contributed by atoms with van der Waals surface area (Å²) in [5.41, 5.74) is -0.864. The molecule has 1 aromatic heterocycles. The molecule has 1 atom stereocenters. The highest BCUT2D eigenvalue weighted by Crippen LogP contribution is 2.26. The summed E-state index contributed by atoms with van der Waals surface area (Å²) in [7, 11) is 0. The van der Waals surface area contributed by atoms with Crippen LogP contribution in [-0.4, -0.2) is 62.6 Å². The van der Waals surface area contributed by atoms with Crippen molar-refractivity contribution in [2.75, 3.05) is 19.6 Å². The van der Waals surface area contributed by atoms with Crippen LogP contribution in [0.25, 0.3) is 0 Å². The molecule has 8 nitrogen and oxygen atoms in total. The molecule has 2 saturated heterocycles. The molecular weight excluding hydrogens is 322 g/mol. The number of hydrogen-bond acceptors (Lipinski definition) is 4. The van der Waals surface area contributed by atoms with Gasteiger partial charge in [-0.25, -0.2) is 4.79 Å². The second-order valence-corrected chi connectivity index (χ2v) is 6.73. The Hall–Kier alpha value is -2.38. The highest BCUT2D eigenvalue weighted by atomic mass is 16.2. The first-order valence-corrected chi connectivity index (χ1v) is 8.91. The number of aromatic nitrogens is 2. The van der Waals surface area contributed by atoms with Gasteiger partial charge in [0.1, 0.15) is 12.1 Å². The fourth-order valence-electron chi connectivity index (χ4n) is 3.68. The van der Waals surface area contributed by atoms with Crippen LogP contribution >= 0.6 is 0 Å². The average molecular weight is 347 g/mol.